The summed E-state index contributed by atoms with van der Waals surface area (Å²) >= 11 is 0. The zero-order valence-corrected chi connectivity index (χ0v) is 17.4. The average Bonchev–Trinajstić information content (AvgIpc) is 2.66. The molecule has 0 amide bonds. The van der Waals surface area contributed by atoms with Crippen molar-refractivity contribution in [1.82, 2.24) is 15.6 Å². The Labute approximate surface area is 163 Å². The molecule has 1 aromatic heterocycles. The van der Waals surface area contributed by atoms with Crippen LogP contribution in [0.25, 0.3) is 0 Å². The molecule has 2 heterocycles. The van der Waals surface area contributed by atoms with Gasteiger partial charge in [0.05, 0.1) is 25.9 Å². The van der Waals surface area contributed by atoms with Gasteiger partial charge in [-0.3, -0.25) is 0 Å². The second kappa shape index (κ2) is 10.5. The lowest BCUT2D eigenvalue weighted by molar-refractivity contribution is 0.0205. The number of guanidine groups is 1. The molecular formula is C20H35N5O2. The van der Waals surface area contributed by atoms with Crippen LogP contribution in [0.4, 0.5) is 5.82 Å². The Bertz CT molecular complexity index is 594. The quantitative estimate of drug-likeness (QED) is 0.560. The van der Waals surface area contributed by atoms with Crippen molar-refractivity contribution >= 4 is 11.8 Å². The Hall–Kier alpha value is -1.86. The predicted molar refractivity (Wildman–Crippen MR) is 110 cm³/mol. The molecule has 1 aliphatic heterocycles. The Morgan fingerprint density at radius 2 is 2.07 bits per heavy atom. The maximum atomic E-state index is 5.63. The van der Waals surface area contributed by atoms with E-state index in [9.17, 15) is 0 Å². The van der Waals surface area contributed by atoms with Gasteiger partial charge in [-0.05, 0) is 18.4 Å². The van der Waals surface area contributed by atoms with E-state index in [1.807, 2.05) is 12.3 Å². The van der Waals surface area contributed by atoms with Crippen LogP contribution < -0.4 is 15.5 Å². The van der Waals surface area contributed by atoms with Gasteiger partial charge in [0.15, 0.2) is 5.96 Å². The highest BCUT2D eigenvalue weighted by Gasteiger charge is 2.24. The molecule has 1 fully saturated rings. The van der Waals surface area contributed by atoms with Gasteiger partial charge < -0.3 is 25.0 Å². The lowest BCUT2D eigenvalue weighted by Gasteiger charge is -2.30. The molecule has 27 heavy (non-hydrogen) atoms. The SMILES string of the molecule is CCNC(=NCc1cccnc1N1CCOCC1)NCC(OC)C(C)(C)C. The number of pyridine rings is 1. The predicted octanol–water partition coefficient (Wildman–Crippen LogP) is 2.03. The third kappa shape index (κ3) is 6.66. The fourth-order valence-corrected chi connectivity index (χ4v) is 3.05. The first-order chi connectivity index (χ1) is 13.0. The highest BCUT2D eigenvalue weighted by atomic mass is 16.5. The van der Waals surface area contributed by atoms with Crippen LogP contribution in [-0.4, -0.2) is 63.6 Å². The second-order valence-corrected chi connectivity index (χ2v) is 7.75. The minimum Gasteiger partial charge on any atom is -0.379 e. The van der Waals surface area contributed by atoms with E-state index in [1.165, 1.54) is 0 Å². The van der Waals surface area contributed by atoms with E-state index in [4.69, 9.17) is 14.5 Å². The van der Waals surface area contributed by atoms with Gasteiger partial charge in [0.25, 0.3) is 0 Å². The first-order valence-corrected chi connectivity index (χ1v) is 9.77. The molecule has 0 radical (unpaired) electrons. The van der Waals surface area contributed by atoms with Crippen molar-refractivity contribution in [2.75, 3.05) is 51.4 Å². The van der Waals surface area contributed by atoms with Crippen LogP contribution in [0.15, 0.2) is 23.3 Å². The average molecular weight is 378 g/mol. The van der Waals surface area contributed by atoms with Crippen LogP contribution in [0.1, 0.15) is 33.3 Å². The normalized spacial score (nSPS) is 16.9. The van der Waals surface area contributed by atoms with E-state index in [0.717, 1.165) is 50.2 Å². The summed E-state index contributed by atoms with van der Waals surface area (Å²) in [5.41, 5.74) is 1.18. The molecule has 1 aliphatic rings. The van der Waals surface area contributed by atoms with Crippen molar-refractivity contribution in [1.29, 1.82) is 0 Å². The summed E-state index contributed by atoms with van der Waals surface area (Å²) in [6, 6.07) is 4.06. The zero-order chi connectivity index (χ0) is 19.7. The lowest BCUT2D eigenvalue weighted by atomic mass is 9.89. The number of hydrogen-bond acceptors (Lipinski definition) is 5. The number of morpholine rings is 1. The maximum absolute atomic E-state index is 5.63. The molecule has 1 aromatic rings. The maximum Gasteiger partial charge on any atom is 0.191 e. The van der Waals surface area contributed by atoms with E-state index in [-0.39, 0.29) is 11.5 Å². The van der Waals surface area contributed by atoms with Crippen LogP contribution in [-0.2, 0) is 16.0 Å². The number of aliphatic imine (C=N–C) groups is 1. The molecule has 1 saturated heterocycles. The monoisotopic (exact) mass is 377 g/mol. The van der Waals surface area contributed by atoms with Crippen LogP contribution in [0.2, 0.25) is 0 Å². The molecule has 0 spiro atoms. The fraction of sp³-hybridized carbons (Fsp3) is 0.700. The van der Waals surface area contributed by atoms with Gasteiger partial charge in [0.1, 0.15) is 5.82 Å². The molecule has 1 unspecified atom stereocenters. The van der Waals surface area contributed by atoms with E-state index < -0.39 is 0 Å². The summed E-state index contributed by atoms with van der Waals surface area (Å²) in [7, 11) is 1.76. The summed E-state index contributed by atoms with van der Waals surface area (Å²) in [4.78, 5) is 11.6. The first-order valence-electron chi connectivity index (χ1n) is 9.77. The number of hydrogen-bond donors (Lipinski definition) is 2. The largest absolute Gasteiger partial charge is 0.379 e. The van der Waals surface area contributed by atoms with Crippen molar-refractivity contribution in [3.05, 3.63) is 23.9 Å². The van der Waals surface area contributed by atoms with Crippen molar-refractivity contribution < 1.29 is 9.47 Å². The molecule has 7 heteroatoms. The summed E-state index contributed by atoms with van der Waals surface area (Å²) in [5.74, 6) is 1.80. The first kappa shape index (κ1) is 21.4. The summed E-state index contributed by atoms with van der Waals surface area (Å²) in [6.45, 7) is 13.9. The van der Waals surface area contributed by atoms with Crippen LogP contribution in [0.3, 0.4) is 0 Å². The summed E-state index contributed by atoms with van der Waals surface area (Å²) < 4.78 is 11.1. The van der Waals surface area contributed by atoms with Gasteiger partial charge in [0.2, 0.25) is 0 Å². The Morgan fingerprint density at radius 1 is 1.33 bits per heavy atom. The molecule has 7 nitrogen and oxygen atoms in total. The molecule has 2 N–H and O–H groups in total. The molecule has 0 aliphatic carbocycles. The molecular weight excluding hydrogens is 342 g/mol. The summed E-state index contributed by atoms with van der Waals surface area (Å²) in [6.07, 6.45) is 1.94. The van der Waals surface area contributed by atoms with Crippen molar-refractivity contribution in [2.45, 2.75) is 40.3 Å². The van der Waals surface area contributed by atoms with Crippen LogP contribution in [0, 0.1) is 5.41 Å². The van der Waals surface area contributed by atoms with Gasteiger partial charge in [0, 0.05) is 45.0 Å². The van der Waals surface area contributed by atoms with Crippen molar-refractivity contribution in [2.24, 2.45) is 10.4 Å². The van der Waals surface area contributed by atoms with Gasteiger partial charge in [-0.2, -0.15) is 0 Å². The molecule has 0 saturated carbocycles. The summed E-state index contributed by atoms with van der Waals surface area (Å²) in [5, 5.41) is 6.72. The Morgan fingerprint density at radius 3 is 2.70 bits per heavy atom. The van der Waals surface area contributed by atoms with E-state index in [0.29, 0.717) is 13.1 Å². The number of nitrogens with one attached hydrogen (secondary N) is 2. The van der Waals surface area contributed by atoms with Crippen LogP contribution in [0.5, 0.6) is 0 Å². The smallest absolute Gasteiger partial charge is 0.191 e. The Balaban J connectivity index is 2.06. The zero-order valence-electron chi connectivity index (χ0n) is 17.4. The van der Waals surface area contributed by atoms with Gasteiger partial charge in [-0.25, -0.2) is 9.98 Å². The third-order valence-electron chi connectivity index (χ3n) is 4.64. The highest BCUT2D eigenvalue weighted by molar-refractivity contribution is 5.79. The number of anilines is 1. The van der Waals surface area contributed by atoms with E-state index >= 15 is 0 Å². The van der Waals surface area contributed by atoms with Gasteiger partial charge in [-0.15, -0.1) is 0 Å². The lowest BCUT2D eigenvalue weighted by Crippen LogP contribution is -2.45. The standard InChI is InChI=1S/C20H35N5O2/c1-6-21-19(24-15-17(26-5)20(2,3)4)23-14-16-8-7-9-22-18(16)25-10-12-27-13-11-25/h7-9,17H,6,10-15H2,1-5H3,(H2,21,23,24). The van der Waals surface area contributed by atoms with Gasteiger partial charge in [-0.1, -0.05) is 26.8 Å². The fourth-order valence-electron chi connectivity index (χ4n) is 3.05. The number of aromatic nitrogens is 1. The molecule has 152 valence electrons. The van der Waals surface area contributed by atoms with Crippen LogP contribution >= 0.6 is 0 Å². The topological polar surface area (TPSA) is 71.0 Å². The molecule has 0 bridgehead atoms. The number of rotatable bonds is 7. The highest BCUT2D eigenvalue weighted by Crippen LogP contribution is 2.21. The Kier molecular flexibility index (Phi) is 8.31. The number of nitrogens with zero attached hydrogens (tertiary/aromatic N) is 3. The van der Waals surface area contributed by atoms with Crippen molar-refractivity contribution in [3.63, 3.8) is 0 Å². The molecule has 2 rings (SSSR count). The minimum absolute atomic E-state index is 0.0614. The van der Waals surface area contributed by atoms with Crippen molar-refractivity contribution in [3.8, 4) is 0 Å². The van der Waals surface area contributed by atoms with E-state index in [2.05, 4.69) is 54.3 Å². The minimum atomic E-state index is 0.0614. The second-order valence-electron chi connectivity index (χ2n) is 7.75. The third-order valence-corrected chi connectivity index (χ3v) is 4.64. The molecule has 0 aromatic carbocycles. The van der Waals surface area contributed by atoms with E-state index in [1.54, 1.807) is 7.11 Å². The van der Waals surface area contributed by atoms with Gasteiger partial charge >= 0.3 is 0 Å². The number of ether oxygens (including phenoxy) is 2. The number of methoxy groups -OCH3 is 1. The molecule has 1 atom stereocenters.